The molecule has 0 aliphatic heterocycles. The lowest BCUT2D eigenvalue weighted by Gasteiger charge is -1.94. The third-order valence-corrected chi connectivity index (χ3v) is 3.00. The molecular formula is C14H9ClN2O2. The summed E-state index contributed by atoms with van der Waals surface area (Å²) in [5, 5.41) is 15.6. The fourth-order valence-electron chi connectivity index (χ4n) is 1.76. The van der Waals surface area contributed by atoms with Crippen molar-refractivity contribution in [3.63, 3.8) is 0 Å². The Morgan fingerprint density at radius 1 is 1.05 bits per heavy atom. The van der Waals surface area contributed by atoms with E-state index in [1.807, 2.05) is 42.5 Å². The van der Waals surface area contributed by atoms with Gasteiger partial charge in [-0.15, -0.1) is 0 Å². The van der Waals surface area contributed by atoms with Crippen molar-refractivity contribution >= 4 is 34.8 Å². The van der Waals surface area contributed by atoms with Crippen molar-refractivity contribution in [3.05, 3.63) is 63.8 Å². The number of hydrogen-bond acceptors (Lipinski definition) is 3. The van der Waals surface area contributed by atoms with Crippen LogP contribution in [-0.2, 0) is 0 Å². The molecule has 0 fully saturated rings. The Morgan fingerprint density at radius 3 is 2.53 bits per heavy atom. The minimum absolute atomic E-state index is 0.398. The number of benzene rings is 2. The van der Waals surface area contributed by atoms with E-state index in [2.05, 4.69) is 9.79 Å². The molecule has 0 saturated heterocycles. The number of nitrogens with zero attached hydrogens (tertiary/aromatic N) is 2. The first kappa shape index (κ1) is 11.7. The summed E-state index contributed by atoms with van der Waals surface area (Å²) in [4.78, 5) is 0.398. The molecule has 0 aliphatic rings. The summed E-state index contributed by atoms with van der Waals surface area (Å²) in [5.74, 6) is 0. The third kappa shape index (κ3) is 2.44. The van der Waals surface area contributed by atoms with Crippen LogP contribution in [0, 0.1) is 5.21 Å². The van der Waals surface area contributed by atoms with Gasteiger partial charge in [0.2, 0.25) is 11.0 Å². The number of hydrogen-bond donors (Lipinski definition) is 0. The molecule has 0 saturated carbocycles. The van der Waals surface area contributed by atoms with Crippen molar-refractivity contribution < 1.29 is 9.53 Å². The normalized spacial score (nSPS) is 11.4. The summed E-state index contributed by atoms with van der Waals surface area (Å²) in [5.41, 5.74) is 2.89. The number of aromatic nitrogens is 2. The standard InChI is InChI=1S/C14H9ClN2O2/c15-12-6-3-10(4-7-12)1-2-11-5-8-13-14(9-11)17(18)19-16-13/h1-9H/b2-1-. The Labute approximate surface area is 114 Å². The van der Waals surface area contributed by atoms with E-state index < -0.39 is 0 Å². The first-order valence-electron chi connectivity index (χ1n) is 5.65. The summed E-state index contributed by atoms with van der Waals surface area (Å²) in [7, 11) is 0. The maximum absolute atomic E-state index is 11.3. The van der Waals surface area contributed by atoms with Gasteiger partial charge in [-0.3, -0.25) is 4.63 Å². The van der Waals surface area contributed by atoms with Gasteiger partial charge in [-0.05, 0) is 34.2 Å². The minimum Gasteiger partial charge on any atom is -0.359 e. The molecule has 1 aromatic heterocycles. The fraction of sp³-hybridized carbons (Fsp3) is 0. The van der Waals surface area contributed by atoms with E-state index in [1.165, 1.54) is 0 Å². The minimum atomic E-state index is 0.398. The molecule has 0 radical (unpaired) electrons. The van der Waals surface area contributed by atoms with Crippen molar-refractivity contribution in [1.82, 2.24) is 5.16 Å². The quantitative estimate of drug-likeness (QED) is 0.531. The third-order valence-electron chi connectivity index (χ3n) is 2.75. The Morgan fingerprint density at radius 2 is 1.74 bits per heavy atom. The molecule has 3 aromatic rings. The largest absolute Gasteiger partial charge is 0.359 e. The van der Waals surface area contributed by atoms with E-state index in [0.717, 1.165) is 11.1 Å². The van der Waals surface area contributed by atoms with Crippen molar-refractivity contribution in [2.75, 3.05) is 0 Å². The predicted octanol–water partition coefficient (Wildman–Crippen LogP) is 3.29. The fourth-order valence-corrected chi connectivity index (χ4v) is 1.88. The number of fused-ring (bicyclic) bond motifs is 1. The van der Waals surface area contributed by atoms with Crippen molar-refractivity contribution in [2.24, 2.45) is 0 Å². The average molecular weight is 273 g/mol. The van der Waals surface area contributed by atoms with Gasteiger partial charge in [0.05, 0.1) is 0 Å². The Balaban J connectivity index is 1.92. The van der Waals surface area contributed by atoms with E-state index >= 15 is 0 Å². The molecule has 0 N–H and O–H groups in total. The van der Waals surface area contributed by atoms with Crippen molar-refractivity contribution in [2.45, 2.75) is 0 Å². The molecule has 19 heavy (non-hydrogen) atoms. The molecule has 5 heteroatoms. The van der Waals surface area contributed by atoms with E-state index in [1.54, 1.807) is 12.1 Å². The molecule has 94 valence electrons. The highest BCUT2D eigenvalue weighted by atomic mass is 35.5. The summed E-state index contributed by atoms with van der Waals surface area (Å²) >= 11 is 5.82. The van der Waals surface area contributed by atoms with Gasteiger partial charge in [0.1, 0.15) is 0 Å². The van der Waals surface area contributed by atoms with Gasteiger partial charge in [-0.25, -0.2) is 0 Å². The number of rotatable bonds is 2. The van der Waals surface area contributed by atoms with Crippen LogP contribution in [0.5, 0.6) is 0 Å². The Kier molecular flexibility index (Phi) is 2.93. The smallest absolute Gasteiger partial charge is 0.248 e. The molecule has 1 heterocycles. The second kappa shape index (κ2) is 4.74. The van der Waals surface area contributed by atoms with Gasteiger partial charge in [0, 0.05) is 16.2 Å². The predicted molar refractivity (Wildman–Crippen MR) is 73.3 cm³/mol. The van der Waals surface area contributed by atoms with Gasteiger partial charge in [-0.1, -0.05) is 42.0 Å². The van der Waals surface area contributed by atoms with Crippen LogP contribution in [0.4, 0.5) is 0 Å². The SMILES string of the molecule is [O-][n+]1onc2ccc(/C=C\c3ccc(Cl)cc3)cc21. The van der Waals surface area contributed by atoms with Gasteiger partial charge >= 0.3 is 0 Å². The van der Waals surface area contributed by atoms with Crippen LogP contribution in [0.15, 0.2) is 47.1 Å². The molecule has 0 bridgehead atoms. The molecule has 3 rings (SSSR count). The highest BCUT2D eigenvalue weighted by Crippen LogP contribution is 2.15. The second-order valence-electron chi connectivity index (χ2n) is 4.06. The van der Waals surface area contributed by atoms with E-state index in [4.69, 9.17) is 11.6 Å². The Hall–Kier alpha value is -2.33. The molecule has 0 unspecified atom stereocenters. The summed E-state index contributed by atoms with van der Waals surface area (Å²) in [6.07, 6.45) is 3.86. The highest BCUT2D eigenvalue weighted by molar-refractivity contribution is 6.30. The van der Waals surface area contributed by atoms with Crippen molar-refractivity contribution in [1.29, 1.82) is 0 Å². The van der Waals surface area contributed by atoms with Gasteiger partial charge < -0.3 is 5.21 Å². The molecular weight excluding hydrogens is 264 g/mol. The zero-order chi connectivity index (χ0) is 13.2. The molecule has 0 atom stereocenters. The maximum atomic E-state index is 11.3. The molecule has 2 aromatic carbocycles. The van der Waals surface area contributed by atoms with Crippen LogP contribution in [0.3, 0.4) is 0 Å². The zero-order valence-corrected chi connectivity index (χ0v) is 10.5. The number of halogens is 1. The average Bonchev–Trinajstić information content (AvgIpc) is 2.80. The molecule has 0 aliphatic carbocycles. The van der Waals surface area contributed by atoms with Crippen molar-refractivity contribution in [3.8, 4) is 0 Å². The first-order chi connectivity index (χ1) is 9.22. The monoisotopic (exact) mass is 272 g/mol. The summed E-state index contributed by atoms with van der Waals surface area (Å²) in [6, 6.07) is 12.8. The zero-order valence-electron chi connectivity index (χ0n) is 9.79. The maximum Gasteiger partial charge on any atom is 0.248 e. The first-order valence-corrected chi connectivity index (χ1v) is 6.03. The Bertz CT molecular complexity index is 748. The van der Waals surface area contributed by atoms with Crippen LogP contribution in [0.1, 0.15) is 11.1 Å². The van der Waals surface area contributed by atoms with Gasteiger partial charge in [-0.2, -0.15) is 0 Å². The topological polar surface area (TPSA) is 53.0 Å². The van der Waals surface area contributed by atoms with E-state index in [-0.39, 0.29) is 0 Å². The van der Waals surface area contributed by atoms with Crippen LogP contribution < -0.4 is 4.90 Å². The van der Waals surface area contributed by atoms with E-state index in [0.29, 0.717) is 21.0 Å². The highest BCUT2D eigenvalue weighted by Gasteiger charge is 2.07. The molecule has 0 amide bonds. The van der Waals surface area contributed by atoms with Gasteiger partial charge in [0.25, 0.3) is 0 Å². The lowest BCUT2D eigenvalue weighted by molar-refractivity contribution is -0.782. The van der Waals surface area contributed by atoms with Crippen LogP contribution >= 0.6 is 11.6 Å². The molecule has 0 spiro atoms. The van der Waals surface area contributed by atoms with E-state index in [9.17, 15) is 5.21 Å². The lowest BCUT2D eigenvalue weighted by Crippen LogP contribution is -2.22. The molecule has 4 nitrogen and oxygen atoms in total. The van der Waals surface area contributed by atoms with Crippen LogP contribution in [0.25, 0.3) is 23.2 Å². The second-order valence-corrected chi connectivity index (χ2v) is 4.50. The summed E-state index contributed by atoms with van der Waals surface area (Å²) in [6.45, 7) is 0. The lowest BCUT2D eigenvalue weighted by atomic mass is 10.1. The van der Waals surface area contributed by atoms with Crippen LogP contribution in [0.2, 0.25) is 5.02 Å². The van der Waals surface area contributed by atoms with Crippen LogP contribution in [-0.4, -0.2) is 5.16 Å². The summed E-state index contributed by atoms with van der Waals surface area (Å²) < 4.78 is 4.52. The van der Waals surface area contributed by atoms with Gasteiger partial charge in [0.15, 0.2) is 0 Å².